The van der Waals surface area contributed by atoms with Crippen LogP contribution in [0.2, 0.25) is 0 Å². The number of halogens is 3. The Morgan fingerprint density at radius 1 is 1.21 bits per heavy atom. The molecule has 1 N–H and O–H groups in total. The van der Waals surface area contributed by atoms with Crippen molar-refractivity contribution in [3.63, 3.8) is 0 Å². The Morgan fingerprint density at radius 3 is 2.11 bits per heavy atom. The van der Waals surface area contributed by atoms with Crippen LogP contribution >= 0.6 is 0 Å². The van der Waals surface area contributed by atoms with Crippen molar-refractivity contribution in [2.24, 2.45) is 0 Å². The molecule has 6 heteroatoms. The molecule has 0 aromatic carbocycles. The van der Waals surface area contributed by atoms with Gasteiger partial charge in [0.1, 0.15) is 6.54 Å². The number of carbonyl (C=O) groups is 1. The Balaban J connectivity index is 4.59. The molecule has 0 aromatic heterocycles. The maximum atomic E-state index is 12.5. The summed E-state index contributed by atoms with van der Waals surface area (Å²) in [5, 5.41) is 3.04. The largest absolute Gasteiger partial charge is 0.406 e. The molecule has 0 rings (SSSR count). The first kappa shape index (κ1) is 18.2. The predicted molar refractivity (Wildman–Crippen MR) is 69.9 cm³/mol. The quantitative estimate of drug-likeness (QED) is 0.742. The molecular formula is C13H25F3N2O. The van der Waals surface area contributed by atoms with Crippen LogP contribution in [0, 0.1) is 0 Å². The van der Waals surface area contributed by atoms with Gasteiger partial charge < -0.3 is 10.2 Å². The lowest BCUT2D eigenvalue weighted by molar-refractivity contribution is -0.166. The van der Waals surface area contributed by atoms with Crippen LogP contribution in [-0.4, -0.2) is 42.2 Å². The summed E-state index contributed by atoms with van der Waals surface area (Å²) in [7, 11) is 0. The van der Waals surface area contributed by atoms with Gasteiger partial charge in [-0.2, -0.15) is 13.2 Å². The van der Waals surface area contributed by atoms with E-state index < -0.39 is 18.6 Å². The smallest absolute Gasteiger partial charge is 0.331 e. The zero-order valence-electron chi connectivity index (χ0n) is 12.2. The van der Waals surface area contributed by atoms with Gasteiger partial charge in [-0.1, -0.05) is 27.7 Å². The van der Waals surface area contributed by atoms with Crippen LogP contribution in [-0.2, 0) is 4.79 Å². The minimum atomic E-state index is -4.34. The van der Waals surface area contributed by atoms with Crippen molar-refractivity contribution < 1.29 is 18.0 Å². The number of carbonyl (C=O) groups excluding carboxylic acids is 1. The van der Waals surface area contributed by atoms with Crippen molar-refractivity contribution in [3.05, 3.63) is 0 Å². The van der Waals surface area contributed by atoms with Gasteiger partial charge in [0.25, 0.3) is 0 Å². The van der Waals surface area contributed by atoms with E-state index in [1.54, 1.807) is 13.8 Å². The number of rotatable bonds is 8. The summed E-state index contributed by atoms with van der Waals surface area (Å²) in [6, 6.07) is -0.120. The Hall–Kier alpha value is -0.780. The average Bonchev–Trinajstić information content (AvgIpc) is 2.27. The molecule has 0 aliphatic rings. The van der Waals surface area contributed by atoms with Gasteiger partial charge in [0, 0.05) is 25.0 Å². The molecule has 3 nitrogen and oxygen atoms in total. The Morgan fingerprint density at radius 2 is 1.74 bits per heavy atom. The first-order chi connectivity index (χ1) is 8.71. The van der Waals surface area contributed by atoms with Gasteiger partial charge in [0.15, 0.2) is 0 Å². The van der Waals surface area contributed by atoms with Gasteiger partial charge >= 0.3 is 6.18 Å². The van der Waals surface area contributed by atoms with E-state index in [4.69, 9.17) is 0 Å². The van der Waals surface area contributed by atoms with Crippen molar-refractivity contribution >= 4 is 5.91 Å². The van der Waals surface area contributed by atoms with E-state index in [2.05, 4.69) is 5.32 Å². The zero-order valence-corrected chi connectivity index (χ0v) is 12.2. The summed E-state index contributed by atoms with van der Waals surface area (Å²) in [4.78, 5) is 12.9. The van der Waals surface area contributed by atoms with Crippen molar-refractivity contribution in [1.82, 2.24) is 10.2 Å². The van der Waals surface area contributed by atoms with Gasteiger partial charge in [-0.15, -0.1) is 0 Å². The van der Waals surface area contributed by atoms with Gasteiger partial charge in [0.05, 0.1) is 0 Å². The van der Waals surface area contributed by atoms with Crippen LogP contribution in [0.4, 0.5) is 13.2 Å². The normalized spacial score (nSPS) is 12.3. The Bertz CT molecular complexity index is 263. The summed E-state index contributed by atoms with van der Waals surface area (Å²) < 4.78 is 37.6. The second kappa shape index (κ2) is 8.40. The SMILES string of the molecule is CCC(CC)N(CC(F)(F)F)C(=O)CCNC(C)C. The molecular weight excluding hydrogens is 257 g/mol. The summed E-state index contributed by atoms with van der Waals surface area (Å²) in [5.74, 6) is -0.431. The second-order valence-electron chi connectivity index (χ2n) is 4.97. The first-order valence-corrected chi connectivity index (χ1v) is 6.80. The predicted octanol–water partition coefficient (Wildman–Crippen LogP) is 2.95. The molecule has 0 bridgehead atoms. The molecule has 0 atom stereocenters. The van der Waals surface area contributed by atoms with E-state index in [9.17, 15) is 18.0 Å². The lowest BCUT2D eigenvalue weighted by atomic mass is 10.1. The van der Waals surface area contributed by atoms with E-state index in [-0.39, 0.29) is 18.5 Å². The molecule has 0 saturated heterocycles. The zero-order chi connectivity index (χ0) is 15.1. The third kappa shape index (κ3) is 8.08. The Kier molecular flexibility index (Phi) is 8.06. The maximum Gasteiger partial charge on any atom is 0.406 e. The highest BCUT2D eigenvalue weighted by molar-refractivity contribution is 5.76. The number of hydrogen-bond donors (Lipinski definition) is 1. The second-order valence-corrected chi connectivity index (χ2v) is 4.97. The van der Waals surface area contributed by atoms with E-state index in [1.807, 2.05) is 13.8 Å². The fourth-order valence-electron chi connectivity index (χ4n) is 1.95. The molecule has 0 heterocycles. The minimum absolute atomic E-state index is 0.102. The monoisotopic (exact) mass is 282 g/mol. The number of nitrogens with one attached hydrogen (secondary N) is 1. The highest BCUT2D eigenvalue weighted by atomic mass is 19.4. The molecule has 0 aliphatic heterocycles. The summed E-state index contributed by atoms with van der Waals surface area (Å²) in [6.07, 6.45) is -3.17. The number of hydrogen-bond acceptors (Lipinski definition) is 2. The molecule has 0 unspecified atom stereocenters. The van der Waals surface area contributed by atoms with Crippen LogP contribution in [0.5, 0.6) is 0 Å². The van der Waals surface area contributed by atoms with Crippen LogP contribution in [0.25, 0.3) is 0 Å². The van der Waals surface area contributed by atoms with Crippen molar-refractivity contribution in [2.75, 3.05) is 13.1 Å². The van der Waals surface area contributed by atoms with Gasteiger partial charge in [-0.3, -0.25) is 4.79 Å². The van der Waals surface area contributed by atoms with E-state index in [0.717, 1.165) is 4.90 Å². The number of nitrogens with zero attached hydrogens (tertiary/aromatic N) is 1. The van der Waals surface area contributed by atoms with E-state index in [1.165, 1.54) is 0 Å². The molecule has 0 spiro atoms. The third-order valence-corrected chi connectivity index (χ3v) is 2.94. The van der Waals surface area contributed by atoms with Crippen LogP contribution < -0.4 is 5.32 Å². The fourth-order valence-corrected chi connectivity index (χ4v) is 1.95. The van der Waals surface area contributed by atoms with Gasteiger partial charge in [0.2, 0.25) is 5.91 Å². The fraction of sp³-hybridized carbons (Fsp3) is 0.923. The minimum Gasteiger partial charge on any atom is -0.331 e. The molecule has 0 saturated carbocycles. The highest BCUT2D eigenvalue weighted by Gasteiger charge is 2.35. The number of alkyl halides is 3. The summed E-state index contributed by atoms with van der Waals surface area (Å²) in [6.45, 7) is 6.72. The van der Waals surface area contributed by atoms with Crippen molar-refractivity contribution in [2.45, 2.75) is 65.2 Å². The highest BCUT2D eigenvalue weighted by Crippen LogP contribution is 2.21. The van der Waals surface area contributed by atoms with Crippen LogP contribution in [0.3, 0.4) is 0 Å². The molecule has 0 aliphatic carbocycles. The standard InChI is InChI=1S/C13H25F3N2O/c1-5-11(6-2)18(9-13(14,15)16)12(19)7-8-17-10(3)4/h10-11,17H,5-9H2,1-4H3. The molecule has 0 radical (unpaired) electrons. The van der Waals surface area contributed by atoms with E-state index >= 15 is 0 Å². The van der Waals surface area contributed by atoms with Crippen molar-refractivity contribution in [3.8, 4) is 0 Å². The lowest BCUT2D eigenvalue weighted by Crippen LogP contribution is -2.46. The third-order valence-electron chi connectivity index (χ3n) is 2.94. The summed E-state index contributed by atoms with van der Waals surface area (Å²) >= 11 is 0. The molecule has 114 valence electrons. The van der Waals surface area contributed by atoms with Crippen molar-refractivity contribution in [1.29, 1.82) is 0 Å². The lowest BCUT2D eigenvalue weighted by Gasteiger charge is -2.31. The summed E-state index contributed by atoms with van der Waals surface area (Å²) in [5.41, 5.74) is 0. The van der Waals surface area contributed by atoms with Crippen LogP contribution in [0.1, 0.15) is 47.0 Å². The maximum absolute atomic E-state index is 12.5. The molecule has 0 aromatic rings. The molecule has 0 fully saturated rings. The molecule has 19 heavy (non-hydrogen) atoms. The van der Waals surface area contributed by atoms with Gasteiger partial charge in [-0.05, 0) is 12.8 Å². The first-order valence-electron chi connectivity index (χ1n) is 6.80. The van der Waals surface area contributed by atoms with Crippen LogP contribution in [0.15, 0.2) is 0 Å². The van der Waals surface area contributed by atoms with E-state index in [0.29, 0.717) is 19.4 Å². The number of amides is 1. The Labute approximate surface area is 113 Å². The van der Waals surface area contributed by atoms with Gasteiger partial charge in [-0.25, -0.2) is 0 Å². The average molecular weight is 282 g/mol. The topological polar surface area (TPSA) is 32.3 Å². The molecule has 1 amide bonds.